The van der Waals surface area contributed by atoms with E-state index in [1.165, 1.54) is 0 Å². The quantitative estimate of drug-likeness (QED) is 0.490. The molecule has 0 aliphatic rings. The molecule has 0 spiro atoms. The van der Waals surface area contributed by atoms with Crippen LogP contribution >= 0.6 is 0 Å². The summed E-state index contributed by atoms with van der Waals surface area (Å²) in [5.41, 5.74) is 5.45. The molecule has 0 heterocycles. The van der Waals surface area contributed by atoms with Crippen molar-refractivity contribution in [3.8, 4) is 5.75 Å². The fourth-order valence-corrected chi connectivity index (χ4v) is 3.00. The van der Waals surface area contributed by atoms with Gasteiger partial charge in [0.05, 0.1) is 0 Å². The van der Waals surface area contributed by atoms with Gasteiger partial charge in [0.2, 0.25) is 0 Å². The van der Waals surface area contributed by atoms with E-state index in [1.807, 2.05) is 48.5 Å². The maximum atomic E-state index is 11.0. The predicted molar refractivity (Wildman–Crippen MR) is 102 cm³/mol. The summed E-state index contributed by atoms with van der Waals surface area (Å²) in [6.45, 7) is 0. The van der Waals surface area contributed by atoms with Crippen molar-refractivity contribution in [3.05, 3.63) is 102 Å². The average Bonchev–Trinajstić information content (AvgIpc) is 2.67. The zero-order valence-corrected chi connectivity index (χ0v) is 13.9. The summed E-state index contributed by atoms with van der Waals surface area (Å²) in [4.78, 5) is 11.0. The lowest BCUT2D eigenvalue weighted by Crippen LogP contribution is -1.96. The third-order valence-corrected chi connectivity index (χ3v) is 4.15. The first-order valence-electron chi connectivity index (χ1n) is 8.36. The summed E-state index contributed by atoms with van der Waals surface area (Å²) in [6, 6.07) is 27.5. The predicted octanol–water partition coefficient (Wildman–Crippen LogP) is 5.33. The van der Waals surface area contributed by atoms with E-state index < -0.39 is 0 Å². The Morgan fingerprint density at radius 1 is 0.720 bits per heavy atom. The first-order valence-corrected chi connectivity index (χ1v) is 8.36. The Morgan fingerprint density at radius 2 is 1.24 bits per heavy atom. The summed E-state index contributed by atoms with van der Waals surface area (Å²) in [7, 11) is 0. The van der Waals surface area contributed by atoms with Crippen molar-refractivity contribution in [1.29, 1.82) is 0 Å². The monoisotopic (exact) mass is 328 g/mol. The molecule has 0 saturated carbocycles. The molecule has 0 amide bonds. The van der Waals surface area contributed by atoms with E-state index in [-0.39, 0.29) is 5.75 Å². The second-order valence-corrected chi connectivity index (χ2v) is 5.84. The lowest BCUT2D eigenvalue weighted by atomic mass is 9.87. The van der Waals surface area contributed by atoms with Gasteiger partial charge in [-0.25, -0.2) is 0 Å². The summed E-state index contributed by atoms with van der Waals surface area (Å²) in [5.74, 6) is 0.241. The number of carbonyl (C=O) groups excluding carboxylic acids is 1. The van der Waals surface area contributed by atoms with Crippen LogP contribution in [0.25, 0.3) is 11.1 Å². The van der Waals surface area contributed by atoms with Crippen LogP contribution in [0.4, 0.5) is 0 Å². The van der Waals surface area contributed by atoms with Crippen LogP contribution in [0.2, 0.25) is 0 Å². The molecule has 1 N–H and O–H groups in total. The number of phenols is 1. The Bertz CT molecular complexity index is 848. The van der Waals surface area contributed by atoms with Crippen molar-refractivity contribution < 1.29 is 9.90 Å². The summed E-state index contributed by atoms with van der Waals surface area (Å²) in [5, 5.41) is 9.64. The number of aromatic hydroxyl groups is 1. The van der Waals surface area contributed by atoms with Gasteiger partial charge in [0.1, 0.15) is 12.0 Å². The standard InChI is InChI=1S/C23H20O2/c24-17-7-12-22(18-8-3-1-4-9-18)23(19-10-5-2-6-11-19)20-13-15-21(25)16-14-20/h1-6,8-11,13-17,25H,7,12H2/b23-22+. The van der Waals surface area contributed by atoms with E-state index in [4.69, 9.17) is 0 Å². The number of rotatable bonds is 6. The molecule has 0 unspecified atom stereocenters. The van der Waals surface area contributed by atoms with Crippen LogP contribution in [-0.4, -0.2) is 11.4 Å². The molecule has 0 saturated heterocycles. The summed E-state index contributed by atoms with van der Waals surface area (Å²) < 4.78 is 0. The van der Waals surface area contributed by atoms with Gasteiger partial charge in [-0.3, -0.25) is 0 Å². The van der Waals surface area contributed by atoms with Gasteiger partial charge in [-0.05, 0) is 46.4 Å². The van der Waals surface area contributed by atoms with Crippen molar-refractivity contribution >= 4 is 17.4 Å². The zero-order valence-electron chi connectivity index (χ0n) is 13.9. The molecule has 0 atom stereocenters. The van der Waals surface area contributed by atoms with Gasteiger partial charge in [-0.15, -0.1) is 0 Å². The SMILES string of the molecule is O=CCC/C(=C(/c1ccccc1)c1ccc(O)cc1)c1ccccc1. The summed E-state index contributed by atoms with van der Waals surface area (Å²) >= 11 is 0. The van der Waals surface area contributed by atoms with Crippen molar-refractivity contribution in [2.45, 2.75) is 12.8 Å². The number of carbonyl (C=O) groups is 1. The molecule has 0 aromatic heterocycles. The number of aldehydes is 1. The fourth-order valence-electron chi connectivity index (χ4n) is 3.00. The van der Waals surface area contributed by atoms with E-state index in [0.717, 1.165) is 34.1 Å². The third-order valence-electron chi connectivity index (χ3n) is 4.15. The first kappa shape index (κ1) is 16.7. The Hall–Kier alpha value is -3.13. The molecule has 0 aliphatic heterocycles. The van der Waals surface area contributed by atoms with Crippen LogP contribution in [0.1, 0.15) is 29.5 Å². The zero-order chi connectivity index (χ0) is 17.5. The van der Waals surface area contributed by atoms with Crippen molar-refractivity contribution in [2.24, 2.45) is 0 Å². The van der Waals surface area contributed by atoms with Crippen molar-refractivity contribution in [3.63, 3.8) is 0 Å². The third kappa shape index (κ3) is 4.04. The minimum absolute atomic E-state index is 0.241. The van der Waals surface area contributed by atoms with Crippen LogP contribution in [0.3, 0.4) is 0 Å². The van der Waals surface area contributed by atoms with Crippen LogP contribution in [0.15, 0.2) is 84.9 Å². The molecular formula is C23H20O2. The van der Waals surface area contributed by atoms with Crippen LogP contribution in [-0.2, 0) is 4.79 Å². The molecule has 124 valence electrons. The smallest absolute Gasteiger partial charge is 0.120 e. The highest BCUT2D eigenvalue weighted by molar-refractivity contribution is 5.99. The Labute approximate surface area is 148 Å². The van der Waals surface area contributed by atoms with Gasteiger partial charge < -0.3 is 9.90 Å². The molecule has 0 radical (unpaired) electrons. The normalized spacial score (nSPS) is 11.7. The molecule has 0 fully saturated rings. The van der Waals surface area contributed by atoms with Gasteiger partial charge in [-0.2, -0.15) is 0 Å². The minimum Gasteiger partial charge on any atom is -0.508 e. The highest BCUT2D eigenvalue weighted by Crippen LogP contribution is 2.35. The largest absolute Gasteiger partial charge is 0.508 e. The van der Waals surface area contributed by atoms with Gasteiger partial charge in [0.15, 0.2) is 0 Å². The molecule has 3 rings (SSSR count). The van der Waals surface area contributed by atoms with E-state index in [2.05, 4.69) is 24.3 Å². The van der Waals surface area contributed by atoms with Gasteiger partial charge >= 0.3 is 0 Å². The van der Waals surface area contributed by atoms with Gasteiger partial charge in [0, 0.05) is 6.42 Å². The van der Waals surface area contributed by atoms with Crippen LogP contribution in [0, 0.1) is 0 Å². The maximum Gasteiger partial charge on any atom is 0.120 e. The fraction of sp³-hybridized carbons (Fsp3) is 0.0870. The van der Waals surface area contributed by atoms with E-state index in [9.17, 15) is 9.90 Å². The molecule has 3 aromatic carbocycles. The Balaban J connectivity index is 2.26. The van der Waals surface area contributed by atoms with E-state index >= 15 is 0 Å². The van der Waals surface area contributed by atoms with E-state index in [1.54, 1.807) is 12.1 Å². The highest BCUT2D eigenvalue weighted by Gasteiger charge is 2.13. The minimum atomic E-state index is 0.241. The molecule has 0 aliphatic carbocycles. The second-order valence-electron chi connectivity index (χ2n) is 5.84. The Kier molecular flexibility index (Phi) is 5.43. The molecule has 25 heavy (non-hydrogen) atoms. The van der Waals surface area contributed by atoms with E-state index in [0.29, 0.717) is 12.8 Å². The number of phenolic OH excluding ortho intramolecular Hbond substituents is 1. The highest BCUT2D eigenvalue weighted by atomic mass is 16.3. The van der Waals surface area contributed by atoms with Crippen LogP contribution < -0.4 is 0 Å². The number of allylic oxidation sites excluding steroid dienone is 1. The molecule has 2 nitrogen and oxygen atoms in total. The number of hydrogen-bond acceptors (Lipinski definition) is 2. The van der Waals surface area contributed by atoms with Crippen molar-refractivity contribution in [1.82, 2.24) is 0 Å². The Morgan fingerprint density at radius 3 is 1.80 bits per heavy atom. The van der Waals surface area contributed by atoms with Gasteiger partial charge in [0.25, 0.3) is 0 Å². The topological polar surface area (TPSA) is 37.3 Å². The first-order chi connectivity index (χ1) is 12.3. The lowest BCUT2D eigenvalue weighted by Gasteiger charge is -2.17. The molecular weight excluding hydrogens is 308 g/mol. The summed E-state index contributed by atoms with van der Waals surface area (Å²) in [6.07, 6.45) is 2.10. The van der Waals surface area contributed by atoms with Gasteiger partial charge in [-0.1, -0.05) is 72.8 Å². The van der Waals surface area contributed by atoms with Crippen molar-refractivity contribution in [2.75, 3.05) is 0 Å². The molecule has 0 bridgehead atoms. The lowest BCUT2D eigenvalue weighted by molar-refractivity contribution is -0.107. The molecule has 3 aromatic rings. The number of hydrogen-bond donors (Lipinski definition) is 1. The average molecular weight is 328 g/mol. The number of benzene rings is 3. The molecule has 2 heteroatoms. The van der Waals surface area contributed by atoms with Crippen LogP contribution in [0.5, 0.6) is 5.75 Å². The maximum absolute atomic E-state index is 11.0. The second kappa shape index (κ2) is 8.11.